The van der Waals surface area contributed by atoms with Gasteiger partial charge in [0, 0.05) is 17.0 Å². The second-order valence-electron chi connectivity index (χ2n) is 6.41. The Balaban J connectivity index is 1.53. The number of rotatable bonds is 7. The lowest BCUT2D eigenvalue weighted by atomic mass is 10.1. The Morgan fingerprint density at radius 1 is 1.03 bits per heavy atom. The van der Waals surface area contributed by atoms with Gasteiger partial charge in [0.2, 0.25) is 11.8 Å². The Morgan fingerprint density at radius 3 is 2.29 bits per heavy atom. The molecule has 0 radical (unpaired) electrons. The number of amides is 1. The molecule has 2 aromatic carbocycles. The monoisotopic (exact) mass is 473 g/mol. The van der Waals surface area contributed by atoms with Crippen LogP contribution in [0.2, 0.25) is 5.02 Å². The van der Waals surface area contributed by atoms with Gasteiger partial charge in [0.25, 0.3) is 0 Å². The van der Waals surface area contributed by atoms with Gasteiger partial charge in [-0.25, -0.2) is 8.42 Å². The first-order valence-corrected chi connectivity index (χ1v) is 10.9. The Hall–Kier alpha value is -2.92. The van der Waals surface area contributed by atoms with Crippen LogP contribution in [-0.2, 0) is 20.8 Å². The molecule has 0 saturated heterocycles. The van der Waals surface area contributed by atoms with Gasteiger partial charge in [0.05, 0.1) is 16.2 Å². The molecule has 31 heavy (non-hydrogen) atoms. The second-order valence-corrected chi connectivity index (χ2v) is 8.96. The zero-order valence-electron chi connectivity index (χ0n) is 15.7. The molecule has 3 aromatic rings. The van der Waals surface area contributed by atoms with Crippen molar-refractivity contribution >= 4 is 33.4 Å². The van der Waals surface area contributed by atoms with Crippen molar-refractivity contribution in [3.05, 3.63) is 59.1 Å². The fraction of sp³-hybridized carbons (Fsp3) is 0.211. The predicted molar refractivity (Wildman–Crippen MR) is 106 cm³/mol. The number of halogens is 4. The van der Waals surface area contributed by atoms with E-state index in [0.717, 1.165) is 12.1 Å². The molecule has 1 heterocycles. The number of hydrogen-bond donors (Lipinski definition) is 1. The number of aromatic nitrogens is 2. The molecule has 1 amide bonds. The number of nitrogens with one attached hydrogen (secondary N) is 1. The van der Waals surface area contributed by atoms with Crippen molar-refractivity contribution in [2.24, 2.45) is 0 Å². The van der Waals surface area contributed by atoms with Crippen LogP contribution in [0.15, 0.2) is 57.8 Å². The van der Waals surface area contributed by atoms with Crippen molar-refractivity contribution in [3.8, 4) is 11.5 Å². The molecule has 0 bridgehead atoms. The predicted octanol–water partition coefficient (Wildman–Crippen LogP) is 4.60. The Morgan fingerprint density at radius 2 is 1.68 bits per heavy atom. The Labute approximate surface area is 180 Å². The van der Waals surface area contributed by atoms with E-state index < -0.39 is 27.5 Å². The summed E-state index contributed by atoms with van der Waals surface area (Å²) in [7, 11) is -3.56. The van der Waals surface area contributed by atoms with Gasteiger partial charge >= 0.3 is 12.2 Å². The van der Waals surface area contributed by atoms with Crippen LogP contribution < -0.4 is 5.32 Å². The molecule has 0 aliphatic heterocycles. The van der Waals surface area contributed by atoms with E-state index in [1.807, 2.05) is 0 Å². The highest BCUT2D eigenvalue weighted by Crippen LogP contribution is 2.31. The van der Waals surface area contributed by atoms with E-state index in [-0.39, 0.29) is 41.0 Å². The van der Waals surface area contributed by atoms with Gasteiger partial charge in [-0.2, -0.15) is 13.2 Å². The second kappa shape index (κ2) is 9.06. The molecule has 1 aromatic heterocycles. The lowest BCUT2D eigenvalue weighted by molar-refractivity contribution is -0.137. The lowest BCUT2D eigenvalue weighted by Crippen LogP contribution is -2.14. The average molecular weight is 474 g/mol. The van der Waals surface area contributed by atoms with E-state index in [2.05, 4.69) is 15.5 Å². The van der Waals surface area contributed by atoms with Gasteiger partial charge in [-0.05, 0) is 55.0 Å². The Kier molecular flexibility index (Phi) is 6.65. The van der Waals surface area contributed by atoms with Gasteiger partial charge < -0.3 is 4.42 Å². The lowest BCUT2D eigenvalue weighted by Gasteiger charge is -2.06. The van der Waals surface area contributed by atoms with E-state index in [4.69, 9.17) is 16.0 Å². The van der Waals surface area contributed by atoms with Crippen LogP contribution in [0.3, 0.4) is 0 Å². The number of hydrogen-bond acceptors (Lipinski definition) is 6. The molecule has 0 spiro atoms. The minimum absolute atomic E-state index is 0.0523. The third-order valence-corrected chi connectivity index (χ3v) is 6.19. The van der Waals surface area contributed by atoms with Gasteiger partial charge in [-0.15, -0.1) is 5.10 Å². The summed E-state index contributed by atoms with van der Waals surface area (Å²) >= 11 is 5.74. The Bertz CT molecular complexity index is 1160. The van der Waals surface area contributed by atoms with Crippen molar-refractivity contribution in [2.75, 3.05) is 11.1 Å². The number of anilines is 1. The summed E-state index contributed by atoms with van der Waals surface area (Å²) in [4.78, 5) is 12.1. The number of carbonyl (C=O) groups excluding carboxylic acids is 1. The van der Waals surface area contributed by atoms with Gasteiger partial charge in [0.15, 0.2) is 9.84 Å². The van der Waals surface area contributed by atoms with Crippen molar-refractivity contribution < 1.29 is 30.8 Å². The van der Waals surface area contributed by atoms with Gasteiger partial charge in [0.1, 0.15) is 0 Å². The minimum Gasteiger partial charge on any atom is -0.403 e. The summed E-state index contributed by atoms with van der Waals surface area (Å²) in [5.41, 5.74) is -0.576. The maximum Gasteiger partial charge on any atom is 0.416 e. The number of nitrogens with zero attached hydrogens (tertiary/aromatic N) is 2. The van der Waals surface area contributed by atoms with E-state index >= 15 is 0 Å². The highest BCUT2D eigenvalue weighted by Gasteiger charge is 2.30. The first-order chi connectivity index (χ1) is 14.5. The molecule has 3 rings (SSSR count). The molecule has 164 valence electrons. The summed E-state index contributed by atoms with van der Waals surface area (Å²) in [6.45, 7) is 0. The number of benzene rings is 2. The third-order valence-electron chi connectivity index (χ3n) is 4.12. The molecule has 0 atom stereocenters. The fourth-order valence-corrected chi connectivity index (χ4v) is 3.99. The first kappa shape index (κ1) is 22.8. The summed E-state index contributed by atoms with van der Waals surface area (Å²) in [6.07, 6.45) is -4.53. The summed E-state index contributed by atoms with van der Waals surface area (Å²) in [5.74, 6) is -0.869. The number of sulfone groups is 1. The standard InChI is InChI=1S/C19H15ClF3N3O4S/c20-14-7-9-15(10-8-14)31(28,29)11-1-2-16(27)24-18-26-25-17(30-18)12-3-5-13(6-4-12)19(21,22)23/h3-10H,1-2,11H2,(H,24,26,27). The van der Waals surface area contributed by atoms with Crippen molar-refractivity contribution in [1.29, 1.82) is 0 Å². The molecule has 0 aliphatic rings. The normalized spacial score (nSPS) is 12.0. The summed E-state index contributed by atoms with van der Waals surface area (Å²) in [5, 5.41) is 10.0. The smallest absolute Gasteiger partial charge is 0.403 e. The maximum absolute atomic E-state index is 12.6. The molecular weight excluding hydrogens is 459 g/mol. The first-order valence-electron chi connectivity index (χ1n) is 8.84. The van der Waals surface area contributed by atoms with Crippen LogP contribution in [0.4, 0.5) is 19.2 Å². The molecule has 0 fully saturated rings. The van der Waals surface area contributed by atoms with Crippen molar-refractivity contribution in [2.45, 2.75) is 23.9 Å². The molecule has 1 N–H and O–H groups in total. The quantitative estimate of drug-likeness (QED) is 0.538. The van der Waals surface area contributed by atoms with Crippen LogP contribution in [-0.4, -0.2) is 30.3 Å². The highest BCUT2D eigenvalue weighted by molar-refractivity contribution is 7.91. The number of carbonyl (C=O) groups is 1. The van der Waals surface area contributed by atoms with E-state index in [1.165, 1.54) is 36.4 Å². The molecule has 12 heteroatoms. The van der Waals surface area contributed by atoms with E-state index in [9.17, 15) is 26.4 Å². The maximum atomic E-state index is 12.6. The largest absolute Gasteiger partial charge is 0.416 e. The summed E-state index contributed by atoms with van der Waals surface area (Å²) < 4.78 is 67.6. The number of alkyl halides is 3. The van der Waals surface area contributed by atoms with Crippen molar-refractivity contribution in [3.63, 3.8) is 0 Å². The zero-order valence-corrected chi connectivity index (χ0v) is 17.3. The van der Waals surface area contributed by atoms with E-state index in [1.54, 1.807) is 0 Å². The zero-order chi connectivity index (χ0) is 22.6. The van der Waals surface area contributed by atoms with Crippen LogP contribution in [0.1, 0.15) is 18.4 Å². The molecular formula is C19H15ClF3N3O4S. The molecule has 0 aliphatic carbocycles. The molecule has 7 nitrogen and oxygen atoms in total. The van der Waals surface area contributed by atoms with Crippen LogP contribution in [0.5, 0.6) is 0 Å². The van der Waals surface area contributed by atoms with Crippen molar-refractivity contribution in [1.82, 2.24) is 10.2 Å². The minimum atomic E-state index is -4.46. The van der Waals surface area contributed by atoms with Gasteiger partial charge in [-0.3, -0.25) is 10.1 Å². The molecule has 0 saturated carbocycles. The highest BCUT2D eigenvalue weighted by atomic mass is 35.5. The SMILES string of the molecule is O=C(CCCS(=O)(=O)c1ccc(Cl)cc1)Nc1nnc(-c2ccc(C(F)(F)F)cc2)o1. The fourth-order valence-electron chi connectivity index (χ4n) is 2.56. The summed E-state index contributed by atoms with van der Waals surface area (Å²) in [6, 6.07) is 9.54. The molecule has 0 unspecified atom stereocenters. The van der Waals surface area contributed by atoms with Crippen LogP contribution in [0, 0.1) is 0 Å². The van der Waals surface area contributed by atoms with Crippen LogP contribution in [0.25, 0.3) is 11.5 Å². The van der Waals surface area contributed by atoms with Gasteiger partial charge in [-0.1, -0.05) is 16.7 Å². The average Bonchev–Trinajstić information content (AvgIpc) is 3.16. The topological polar surface area (TPSA) is 102 Å². The van der Waals surface area contributed by atoms with E-state index in [0.29, 0.717) is 5.02 Å². The third kappa shape index (κ3) is 6.05. The van der Waals surface area contributed by atoms with Crippen LogP contribution >= 0.6 is 11.6 Å².